The lowest BCUT2D eigenvalue weighted by atomic mass is 10.2. The molecule has 1 fully saturated rings. The average molecular weight is 604 g/mol. The second-order valence-electron chi connectivity index (χ2n) is 14.0. The molecule has 0 N–H and O–H groups in total. The fourth-order valence-corrected chi connectivity index (χ4v) is 11.4. The Morgan fingerprint density at radius 1 is 0.786 bits per heavy atom. The maximum Gasteiger partial charge on any atom is 0.410 e. The van der Waals surface area contributed by atoms with Crippen molar-refractivity contribution in [3.05, 3.63) is 96.6 Å². The zero-order valence-electron chi connectivity index (χ0n) is 26.7. The van der Waals surface area contributed by atoms with E-state index in [2.05, 4.69) is 115 Å². The molecule has 0 aliphatic carbocycles. The van der Waals surface area contributed by atoms with Gasteiger partial charge in [-0.05, 0) is 45.5 Å². The Kier molecular flexibility index (Phi) is 9.87. The van der Waals surface area contributed by atoms with Gasteiger partial charge in [0.25, 0.3) is 8.32 Å². The molecular formula is C35H49NO4Si2. The summed E-state index contributed by atoms with van der Waals surface area (Å²) >= 11 is 0. The molecule has 0 saturated carbocycles. The third kappa shape index (κ3) is 6.91. The fraction of sp³-hybridized carbons (Fsp3) is 0.457. The van der Waals surface area contributed by atoms with Gasteiger partial charge in [-0.15, -0.1) is 0 Å². The standard InChI is InChI=1S/C35H49NO4Si2/c1-34(2,3)41(7,8)39-27-31-32(24-25-36(31)33(37)38-26-28-18-12-9-13-19-28)40-42(35(4,5)6,29-20-14-10-15-21-29)30-22-16-11-17-23-30/h9-23,31-32H,24-27H2,1-8H3/t31-,32-/m0/s1. The second-order valence-corrected chi connectivity index (χ2v) is 23.0. The molecule has 42 heavy (non-hydrogen) atoms. The first kappa shape index (κ1) is 32.2. The molecule has 1 aliphatic rings. The lowest BCUT2D eigenvalue weighted by Crippen LogP contribution is -2.68. The van der Waals surface area contributed by atoms with E-state index in [1.807, 2.05) is 35.2 Å². The Morgan fingerprint density at radius 3 is 1.76 bits per heavy atom. The molecule has 0 unspecified atom stereocenters. The molecule has 3 aromatic rings. The van der Waals surface area contributed by atoms with Gasteiger partial charge in [-0.1, -0.05) is 133 Å². The molecule has 0 aromatic heterocycles. The van der Waals surface area contributed by atoms with Crippen LogP contribution < -0.4 is 10.4 Å². The number of hydrogen-bond acceptors (Lipinski definition) is 4. The molecule has 0 bridgehead atoms. The fourth-order valence-electron chi connectivity index (χ4n) is 5.62. The number of likely N-dealkylation sites (tertiary alicyclic amines) is 1. The summed E-state index contributed by atoms with van der Waals surface area (Å²) < 4.78 is 20.2. The largest absolute Gasteiger partial charge is 0.445 e. The van der Waals surface area contributed by atoms with Gasteiger partial charge in [0, 0.05) is 6.54 Å². The number of benzene rings is 3. The molecule has 1 amide bonds. The molecule has 1 saturated heterocycles. The van der Waals surface area contributed by atoms with Gasteiger partial charge in [-0.25, -0.2) is 4.79 Å². The first-order valence-corrected chi connectivity index (χ1v) is 20.0. The van der Waals surface area contributed by atoms with Gasteiger partial charge in [0.2, 0.25) is 0 Å². The van der Waals surface area contributed by atoms with E-state index in [1.165, 1.54) is 10.4 Å². The molecule has 226 valence electrons. The molecule has 0 radical (unpaired) electrons. The first-order valence-electron chi connectivity index (χ1n) is 15.2. The predicted octanol–water partition coefficient (Wildman–Crippen LogP) is 7.36. The first-order chi connectivity index (χ1) is 19.8. The van der Waals surface area contributed by atoms with E-state index in [0.29, 0.717) is 13.2 Å². The van der Waals surface area contributed by atoms with Crippen molar-refractivity contribution in [2.75, 3.05) is 13.2 Å². The average Bonchev–Trinajstić information content (AvgIpc) is 3.36. The molecular weight excluding hydrogens is 555 g/mol. The van der Waals surface area contributed by atoms with Crippen LogP contribution in [0.3, 0.4) is 0 Å². The minimum Gasteiger partial charge on any atom is -0.445 e. The summed E-state index contributed by atoms with van der Waals surface area (Å²) in [6.07, 6.45) is 0.234. The quantitative estimate of drug-likeness (QED) is 0.240. The third-order valence-corrected chi connectivity index (χ3v) is 18.7. The van der Waals surface area contributed by atoms with Crippen molar-refractivity contribution in [1.29, 1.82) is 0 Å². The number of carbonyl (C=O) groups excluding carboxylic acids is 1. The summed E-state index contributed by atoms with van der Waals surface area (Å²) in [5.74, 6) is 0. The van der Waals surface area contributed by atoms with Crippen LogP contribution in [0.4, 0.5) is 4.79 Å². The van der Waals surface area contributed by atoms with Gasteiger partial charge in [-0.3, -0.25) is 0 Å². The number of ether oxygens (including phenoxy) is 1. The van der Waals surface area contributed by atoms with Gasteiger partial charge >= 0.3 is 6.09 Å². The second kappa shape index (κ2) is 12.9. The summed E-state index contributed by atoms with van der Waals surface area (Å²) in [6.45, 7) is 19.4. The normalized spacial score (nSPS) is 18.2. The maximum atomic E-state index is 13.6. The summed E-state index contributed by atoms with van der Waals surface area (Å²) in [7, 11) is -4.91. The van der Waals surface area contributed by atoms with Gasteiger partial charge in [0.15, 0.2) is 8.32 Å². The van der Waals surface area contributed by atoms with Crippen LogP contribution in [0.1, 0.15) is 53.5 Å². The van der Waals surface area contributed by atoms with Crippen molar-refractivity contribution < 1.29 is 18.4 Å². The van der Waals surface area contributed by atoms with E-state index in [4.69, 9.17) is 13.6 Å². The van der Waals surface area contributed by atoms with Gasteiger partial charge in [0.05, 0.1) is 18.8 Å². The zero-order valence-corrected chi connectivity index (χ0v) is 28.7. The molecule has 2 atom stereocenters. The van der Waals surface area contributed by atoms with Crippen LogP contribution in [-0.4, -0.2) is 52.9 Å². The zero-order chi connectivity index (χ0) is 30.6. The monoisotopic (exact) mass is 603 g/mol. The van der Waals surface area contributed by atoms with Crippen LogP contribution in [0.2, 0.25) is 23.2 Å². The Morgan fingerprint density at radius 2 is 1.29 bits per heavy atom. The maximum absolute atomic E-state index is 13.6. The third-order valence-electron chi connectivity index (χ3n) is 9.09. The lowest BCUT2D eigenvalue weighted by Gasteiger charge is -2.46. The number of amides is 1. The molecule has 4 rings (SSSR count). The van der Waals surface area contributed by atoms with Crippen LogP contribution in [-0.2, 0) is 20.2 Å². The SMILES string of the molecule is CC(C)(C)[Si](C)(C)OC[C@H]1[C@@H](O[Si](c2ccccc2)(c2ccccc2)C(C)(C)C)CCN1C(=O)OCc1ccccc1. The Labute approximate surface area is 255 Å². The molecule has 1 heterocycles. The minimum atomic E-state index is -2.83. The highest BCUT2D eigenvalue weighted by molar-refractivity contribution is 6.99. The highest BCUT2D eigenvalue weighted by atomic mass is 28.4. The topological polar surface area (TPSA) is 48.0 Å². The van der Waals surface area contributed by atoms with Crippen LogP contribution >= 0.6 is 0 Å². The minimum absolute atomic E-state index is 0.0542. The molecule has 7 heteroatoms. The molecule has 1 aliphatic heterocycles. The van der Waals surface area contributed by atoms with E-state index in [9.17, 15) is 4.79 Å². The summed E-state index contributed by atoms with van der Waals surface area (Å²) in [5.41, 5.74) is 0.972. The van der Waals surface area contributed by atoms with Crippen molar-refractivity contribution in [2.24, 2.45) is 0 Å². The Balaban J connectivity index is 1.71. The highest BCUT2D eigenvalue weighted by Crippen LogP contribution is 2.41. The summed E-state index contributed by atoms with van der Waals surface area (Å²) in [6, 6.07) is 31.0. The van der Waals surface area contributed by atoms with E-state index in [1.54, 1.807) is 0 Å². The van der Waals surface area contributed by atoms with Gasteiger partial charge in [-0.2, -0.15) is 0 Å². The van der Waals surface area contributed by atoms with Crippen LogP contribution in [0.5, 0.6) is 0 Å². The van der Waals surface area contributed by atoms with Crippen LogP contribution in [0.15, 0.2) is 91.0 Å². The van der Waals surface area contributed by atoms with E-state index in [0.717, 1.165) is 12.0 Å². The summed E-state index contributed by atoms with van der Waals surface area (Å²) in [4.78, 5) is 15.5. The lowest BCUT2D eigenvalue weighted by molar-refractivity contribution is 0.0555. The van der Waals surface area contributed by atoms with E-state index >= 15 is 0 Å². The van der Waals surface area contributed by atoms with Crippen molar-refractivity contribution in [3.63, 3.8) is 0 Å². The molecule has 0 spiro atoms. The van der Waals surface area contributed by atoms with Crippen molar-refractivity contribution in [2.45, 2.75) is 89.9 Å². The number of nitrogens with zero attached hydrogens (tertiary/aromatic N) is 1. The van der Waals surface area contributed by atoms with Crippen LogP contribution in [0, 0.1) is 0 Å². The summed E-state index contributed by atoms with van der Waals surface area (Å²) in [5, 5.41) is 2.36. The molecule has 3 aromatic carbocycles. The Bertz CT molecular complexity index is 1250. The van der Waals surface area contributed by atoms with Crippen molar-refractivity contribution in [3.8, 4) is 0 Å². The van der Waals surface area contributed by atoms with Crippen molar-refractivity contribution in [1.82, 2.24) is 4.90 Å². The smallest absolute Gasteiger partial charge is 0.410 e. The molecule has 5 nitrogen and oxygen atoms in total. The van der Waals surface area contributed by atoms with E-state index in [-0.39, 0.29) is 34.9 Å². The predicted molar refractivity (Wildman–Crippen MR) is 177 cm³/mol. The van der Waals surface area contributed by atoms with E-state index < -0.39 is 16.6 Å². The van der Waals surface area contributed by atoms with Crippen LogP contribution in [0.25, 0.3) is 0 Å². The number of hydrogen-bond donors (Lipinski definition) is 0. The Hall–Kier alpha value is -2.72. The van der Waals surface area contributed by atoms with Gasteiger partial charge in [0.1, 0.15) is 6.61 Å². The van der Waals surface area contributed by atoms with Crippen molar-refractivity contribution >= 4 is 33.1 Å². The number of rotatable bonds is 9. The van der Waals surface area contributed by atoms with Gasteiger partial charge < -0.3 is 18.5 Å². The number of carbonyl (C=O) groups is 1. The highest BCUT2D eigenvalue weighted by Gasteiger charge is 2.54.